The quantitative estimate of drug-likeness (QED) is 0.818. The van der Waals surface area contributed by atoms with E-state index in [1.54, 1.807) is 0 Å². The van der Waals surface area contributed by atoms with Gasteiger partial charge in [-0.2, -0.15) is 5.10 Å². The highest BCUT2D eigenvalue weighted by Crippen LogP contribution is 2.24. The molecular formula is C15H21N3. The first-order chi connectivity index (χ1) is 8.72. The molecule has 0 saturated carbocycles. The molecule has 0 fully saturated rings. The van der Waals surface area contributed by atoms with Crippen molar-refractivity contribution in [1.82, 2.24) is 15.1 Å². The molecule has 0 radical (unpaired) electrons. The van der Waals surface area contributed by atoms with Gasteiger partial charge in [0.15, 0.2) is 0 Å². The highest BCUT2D eigenvalue weighted by molar-refractivity contribution is 5.66. The molecule has 1 aromatic carbocycles. The molecule has 96 valence electrons. The number of nitrogens with one attached hydrogen (secondary N) is 1. The van der Waals surface area contributed by atoms with E-state index < -0.39 is 0 Å². The van der Waals surface area contributed by atoms with Crippen molar-refractivity contribution in [2.75, 3.05) is 6.54 Å². The van der Waals surface area contributed by atoms with Crippen molar-refractivity contribution in [2.24, 2.45) is 7.05 Å². The maximum atomic E-state index is 4.60. The van der Waals surface area contributed by atoms with Gasteiger partial charge < -0.3 is 5.32 Å². The van der Waals surface area contributed by atoms with E-state index in [0.717, 1.165) is 25.2 Å². The van der Waals surface area contributed by atoms with Crippen molar-refractivity contribution < 1.29 is 0 Å². The van der Waals surface area contributed by atoms with Crippen LogP contribution in [0, 0.1) is 6.92 Å². The van der Waals surface area contributed by atoms with Gasteiger partial charge in [0.1, 0.15) is 0 Å². The molecule has 1 N–H and O–H groups in total. The molecule has 0 saturated heterocycles. The molecule has 3 nitrogen and oxygen atoms in total. The summed E-state index contributed by atoms with van der Waals surface area (Å²) in [6, 6.07) is 8.41. The van der Waals surface area contributed by atoms with Crippen molar-refractivity contribution in [3.63, 3.8) is 0 Å². The fraction of sp³-hybridized carbons (Fsp3) is 0.400. The Kier molecular flexibility index (Phi) is 4.15. The predicted molar refractivity (Wildman–Crippen MR) is 75.4 cm³/mol. The number of rotatable bonds is 5. The van der Waals surface area contributed by atoms with Crippen molar-refractivity contribution >= 4 is 0 Å². The molecule has 2 rings (SSSR count). The zero-order valence-corrected chi connectivity index (χ0v) is 11.4. The number of hydrogen-bond donors (Lipinski definition) is 1. The zero-order chi connectivity index (χ0) is 13.0. The molecular weight excluding hydrogens is 222 g/mol. The Morgan fingerprint density at radius 3 is 2.78 bits per heavy atom. The van der Waals surface area contributed by atoms with Crippen LogP contribution in [0.4, 0.5) is 0 Å². The molecule has 0 aliphatic heterocycles. The minimum absolute atomic E-state index is 0.880. The Balaban J connectivity index is 2.30. The summed E-state index contributed by atoms with van der Waals surface area (Å²) in [5.41, 5.74) is 4.86. The van der Waals surface area contributed by atoms with Crippen LogP contribution in [0.2, 0.25) is 0 Å². The second-order valence-corrected chi connectivity index (χ2v) is 4.67. The zero-order valence-electron chi connectivity index (χ0n) is 11.4. The van der Waals surface area contributed by atoms with Crippen LogP contribution in [0.1, 0.15) is 24.5 Å². The summed E-state index contributed by atoms with van der Waals surface area (Å²) in [7, 11) is 1.98. The maximum Gasteiger partial charge on any atom is 0.0970 e. The van der Waals surface area contributed by atoms with E-state index in [2.05, 4.69) is 54.7 Å². The first-order valence-electron chi connectivity index (χ1n) is 6.51. The fourth-order valence-corrected chi connectivity index (χ4v) is 2.13. The first-order valence-corrected chi connectivity index (χ1v) is 6.51. The van der Waals surface area contributed by atoms with Gasteiger partial charge in [0.2, 0.25) is 0 Å². The normalized spacial score (nSPS) is 10.8. The number of aryl methyl sites for hydroxylation is 2. The van der Waals surface area contributed by atoms with E-state index >= 15 is 0 Å². The Morgan fingerprint density at radius 2 is 2.06 bits per heavy atom. The molecule has 3 heteroatoms. The average molecular weight is 243 g/mol. The Labute approximate surface area is 109 Å². The number of aromatic nitrogens is 2. The second-order valence-electron chi connectivity index (χ2n) is 4.67. The number of hydrogen-bond acceptors (Lipinski definition) is 2. The molecule has 18 heavy (non-hydrogen) atoms. The highest BCUT2D eigenvalue weighted by Gasteiger charge is 2.11. The number of benzene rings is 1. The summed E-state index contributed by atoms with van der Waals surface area (Å²) in [4.78, 5) is 0. The molecule has 0 atom stereocenters. The van der Waals surface area contributed by atoms with Crippen molar-refractivity contribution in [2.45, 2.75) is 26.8 Å². The van der Waals surface area contributed by atoms with Crippen LogP contribution in [0.5, 0.6) is 0 Å². The summed E-state index contributed by atoms with van der Waals surface area (Å²) >= 11 is 0. The Hall–Kier alpha value is -1.61. The topological polar surface area (TPSA) is 29.9 Å². The Bertz CT molecular complexity index is 514. The van der Waals surface area contributed by atoms with E-state index in [-0.39, 0.29) is 0 Å². The molecule has 0 aliphatic rings. The SMILES string of the molecule is CCCNCc1cn(C)nc1-c1ccccc1C. The maximum absolute atomic E-state index is 4.60. The monoisotopic (exact) mass is 243 g/mol. The van der Waals surface area contributed by atoms with E-state index in [1.165, 1.54) is 16.7 Å². The van der Waals surface area contributed by atoms with Crippen LogP contribution in [-0.2, 0) is 13.6 Å². The first kappa shape index (κ1) is 12.8. The largest absolute Gasteiger partial charge is 0.313 e. The van der Waals surface area contributed by atoms with Gasteiger partial charge in [-0.15, -0.1) is 0 Å². The van der Waals surface area contributed by atoms with Crippen LogP contribution in [0.15, 0.2) is 30.5 Å². The van der Waals surface area contributed by atoms with Gasteiger partial charge in [-0.25, -0.2) is 0 Å². The van der Waals surface area contributed by atoms with Crippen LogP contribution in [0.3, 0.4) is 0 Å². The third kappa shape index (κ3) is 2.79. The van der Waals surface area contributed by atoms with Crippen LogP contribution in [-0.4, -0.2) is 16.3 Å². The van der Waals surface area contributed by atoms with E-state index in [1.807, 2.05) is 11.7 Å². The van der Waals surface area contributed by atoms with E-state index in [4.69, 9.17) is 0 Å². The molecule has 2 aromatic rings. The number of nitrogens with zero attached hydrogens (tertiary/aromatic N) is 2. The van der Waals surface area contributed by atoms with Crippen LogP contribution < -0.4 is 5.32 Å². The minimum atomic E-state index is 0.880. The molecule has 0 amide bonds. The summed E-state index contributed by atoms with van der Waals surface area (Å²) in [6.45, 7) is 6.24. The van der Waals surface area contributed by atoms with Crippen molar-refractivity contribution in [3.8, 4) is 11.3 Å². The fourth-order valence-electron chi connectivity index (χ4n) is 2.13. The molecule has 1 heterocycles. The third-order valence-electron chi connectivity index (χ3n) is 3.05. The predicted octanol–water partition coefficient (Wildman–Crippen LogP) is 2.90. The lowest BCUT2D eigenvalue weighted by atomic mass is 10.0. The van der Waals surface area contributed by atoms with Gasteiger partial charge >= 0.3 is 0 Å². The summed E-state index contributed by atoms with van der Waals surface area (Å²) in [5.74, 6) is 0. The smallest absolute Gasteiger partial charge is 0.0970 e. The lowest BCUT2D eigenvalue weighted by Crippen LogP contribution is -2.13. The minimum Gasteiger partial charge on any atom is -0.313 e. The second kappa shape index (κ2) is 5.83. The lowest BCUT2D eigenvalue weighted by Gasteiger charge is -2.06. The van der Waals surface area contributed by atoms with Gasteiger partial charge in [-0.3, -0.25) is 4.68 Å². The van der Waals surface area contributed by atoms with Gasteiger partial charge in [-0.1, -0.05) is 31.2 Å². The van der Waals surface area contributed by atoms with Gasteiger partial charge in [-0.05, 0) is 25.5 Å². The van der Waals surface area contributed by atoms with Gasteiger partial charge in [0.05, 0.1) is 5.69 Å². The standard InChI is InChI=1S/C15H21N3/c1-4-9-16-10-13-11-18(3)17-15(13)14-8-6-5-7-12(14)2/h5-8,11,16H,4,9-10H2,1-3H3. The highest BCUT2D eigenvalue weighted by atomic mass is 15.3. The van der Waals surface area contributed by atoms with Crippen molar-refractivity contribution in [3.05, 3.63) is 41.6 Å². The van der Waals surface area contributed by atoms with Crippen LogP contribution >= 0.6 is 0 Å². The summed E-state index contributed by atoms with van der Waals surface area (Å²) in [5, 5.41) is 8.04. The molecule has 1 aromatic heterocycles. The van der Waals surface area contributed by atoms with Crippen LogP contribution in [0.25, 0.3) is 11.3 Å². The molecule has 0 spiro atoms. The van der Waals surface area contributed by atoms with Gasteiger partial charge in [0, 0.05) is 30.9 Å². The molecule has 0 bridgehead atoms. The molecule has 0 aliphatic carbocycles. The van der Waals surface area contributed by atoms with E-state index in [0.29, 0.717) is 0 Å². The molecule has 0 unspecified atom stereocenters. The summed E-state index contributed by atoms with van der Waals surface area (Å²) in [6.07, 6.45) is 3.25. The lowest BCUT2D eigenvalue weighted by molar-refractivity contribution is 0.675. The van der Waals surface area contributed by atoms with Gasteiger partial charge in [0.25, 0.3) is 0 Å². The average Bonchev–Trinajstić information content (AvgIpc) is 2.71. The van der Waals surface area contributed by atoms with E-state index in [9.17, 15) is 0 Å². The summed E-state index contributed by atoms with van der Waals surface area (Å²) < 4.78 is 1.89. The Morgan fingerprint density at radius 1 is 1.28 bits per heavy atom. The van der Waals surface area contributed by atoms with Crippen molar-refractivity contribution in [1.29, 1.82) is 0 Å². The third-order valence-corrected chi connectivity index (χ3v) is 3.05.